The number of anilines is 1. The number of carbonyl (C=O) groups excluding carboxylic acids is 2. The molecule has 1 aliphatic rings. The van der Waals surface area contributed by atoms with Crippen molar-refractivity contribution in [2.24, 2.45) is 5.92 Å². The highest BCUT2D eigenvalue weighted by molar-refractivity contribution is 5.96. The Morgan fingerprint density at radius 2 is 2.21 bits per heavy atom. The number of carbonyl (C=O) groups is 2. The maximum atomic E-state index is 12.0. The predicted octanol–water partition coefficient (Wildman–Crippen LogP) is 1.84. The third-order valence-electron chi connectivity index (χ3n) is 3.20. The number of amides is 1. The van der Waals surface area contributed by atoms with Crippen molar-refractivity contribution in [2.45, 2.75) is 19.4 Å². The summed E-state index contributed by atoms with van der Waals surface area (Å²) in [4.78, 5) is 23.4. The Morgan fingerprint density at radius 3 is 2.84 bits per heavy atom. The van der Waals surface area contributed by atoms with E-state index in [-0.39, 0.29) is 11.8 Å². The van der Waals surface area contributed by atoms with Gasteiger partial charge in [-0.15, -0.1) is 0 Å². The van der Waals surface area contributed by atoms with Crippen LogP contribution in [-0.2, 0) is 14.3 Å². The quantitative estimate of drug-likeness (QED) is 0.845. The number of hydrogen-bond acceptors (Lipinski definition) is 4. The molecule has 1 aliphatic heterocycles. The van der Waals surface area contributed by atoms with Crippen LogP contribution in [0.3, 0.4) is 0 Å². The largest absolute Gasteiger partial charge is 0.465 e. The number of hydrogen-bond donors (Lipinski definition) is 1. The van der Waals surface area contributed by atoms with Crippen molar-refractivity contribution in [3.8, 4) is 0 Å². The van der Waals surface area contributed by atoms with Crippen molar-refractivity contribution >= 4 is 17.6 Å². The van der Waals surface area contributed by atoms with Crippen LogP contribution in [0.25, 0.3) is 0 Å². The molecule has 0 bridgehead atoms. The summed E-state index contributed by atoms with van der Waals surface area (Å²) in [5, 5.41) is 2.76. The first-order chi connectivity index (χ1) is 9.11. The molecule has 1 aromatic rings. The fourth-order valence-corrected chi connectivity index (χ4v) is 2.09. The van der Waals surface area contributed by atoms with E-state index in [2.05, 4.69) is 10.1 Å². The minimum absolute atomic E-state index is 0.174. The lowest BCUT2D eigenvalue weighted by Gasteiger charge is -2.14. The van der Waals surface area contributed by atoms with Gasteiger partial charge in [-0.25, -0.2) is 4.79 Å². The summed E-state index contributed by atoms with van der Waals surface area (Å²) in [6.07, 6.45) is 0.474. The van der Waals surface area contributed by atoms with Crippen LogP contribution in [0, 0.1) is 5.92 Å². The summed E-state index contributed by atoms with van der Waals surface area (Å²) < 4.78 is 10.0. The second-order valence-electron chi connectivity index (χ2n) is 4.62. The van der Waals surface area contributed by atoms with Gasteiger partial charge < -0.3 is 14.8 Å². The molecule has 1 saturated heterocycles. The van der Waals surface area contributed by atoms with Gasteiger partial charge in [0.25, 0.3) is 5.91 Å². The normalized spacial score (nSPS) is 22.0. The van der Waals surface area contributed by atoms with Crippen molar-refractivity contribution < 1.29 is 19.1 Å². The van der Waals surface area contributed by atoms with Gasteiger partial charge in [0.1, 0.15) is 6.10 Å². The highest BCUT2D eigenvalue weighted by atomic mass is 16.5. The lowest BCUT2D eigenvalue weighted by molar-refractivity contribution is -0.126. The zero-order valence-electron chi connectivity index (χ0n) is 11.0. The third-order valence-corrected chi connectivity index (χ3v) is 3.20. The predicted molar refractivity (Wildman–Crippen MR) is 69.9 cm³/mol. The van der Waals surface area contributed by atoms with Crippen LogP contribution < -0.4 is 5.32 Å². The van der Waals surface area contributed by atoms with Crippen LogP contribution >= 0.6 is 0 Å². The van der Waals surface area contributed by atoms with Crippen molar-refractivity contribution in [3.05, 3.63) is 29.8 Å². The molecule has 1 amide bonds. The van der Waals surface area contributed by atoms with Gasteiger partial charge in [0.15, 0.2) is 0 Å². The zero-order chi connectivity index (χ0) is 13.8. The van der Waals surface area contributed by atoms with Crippen LogP contribution in [0.2, 0.25) is 0 Å². The monoisotopic (exact) mass is 263 g/mol. The molecule has 0 aromatic heterocycles. The summed E-state index contributed by atoms with van der Waals surface area (Å²) in [6, 6.07) is 6.64. The van der Waals surface area contributed by atoms with E-state index >= 15 is 0 Å². The Balaban J connectivity index is 2.06. The minimum atomic E-state index is -0.429. The van der Waals surface area contributed by atoms with Gasteiger partial charge in [0, 0.05) is 12.3 Å². The maximum Gasteiger partial charge on any atom is 0.337 e. The Morgan fingerprint density at radius 1 is 1.42 bits per heavy atom. The topological polar surface area (TPSA) is 64.6 Å². The van der Waals surface area contributed by atoms with E-state index in [0.29, 0.717) is 17.9 Å². The molecule has 2 rings (SSSR count). The van der Waals surface area contributed by atoms with E-state index in [1.54, 1.807) is 24.3 Å². The fourth-order valence-electron chi connectivity index (χ4n) is 2.09. The van der Waals surface area contributed by atoms with Crippen molar-refractivity contribution in [3.63, 3.8) is 0 Å². The van der Waals surface area contributed by atoms with Crippen molar-refractivity contribution in [1.29, 1.82) is 0 Å². The molecule has 0 spiro atoms. The summed E-state index contributed by atoms with van der Waals surface area (Å²) in [5.74, 6) is -0.391. The van der Waals surface area contributed by atoms with Gasteiger partial charge in [-0.1, -0.05) is 13.0 Å². The maximum absolute atomic E-state index is 12.0. The molecule has 102 valence electrons. The SMILES string of the molecule is COC(=O)c1cccc(NC(=O)C2OCCC2C)c1. The smallest absolute Gasteiger partial charge is 0.337 e. The van der Waals surface area contributed by atoms with Gasteiger partial charge in [0.2, 0.25) is 0 Å². The second kappa shape index (κ2) is 5.84. The summed E-state index contributed by atoms with van der Waals surface area (Å²) in [5.41, 5.74) is 0.969. The Hall–Kier alpha value is -1.88. The number of ether oxygens (including phenoxy) is 2. The molecule has 2 atom stereocenters. The minimum Gasteiger partial charge on any atom is -0.465 e. The average molecular weight is 263 g/mol. The number of benzene rings is 1. The van der Waals surface area contributed by atoms with E-state index in [4.69, 9.17) is 4.74 Å². The van der Waals surface area contributed by atoms with Crippen molar-refractivity contribution in [1.82, 2.24) is 0 Å². The molecule has 0 radical (unpaired) electrons. The summed E-state index contributed by atoms with van der Waals surface area (Å²) >= 11 is 0. The number of esters is 1. The Labute approximate surface area is 111 Å². The molecule has 1 aromatic carbocycles. The van der Waals surface area contributed by atoms with E-state index in [1.807, 2.05) is 6.92 Å². The highest BCUT2D eigenvalue weighted by Crippen LogP contribution is 2.22. The highest BCUT2D eigenvalue weighted by Gasteiger charge is 2.30. The van der Waals surface area contributed by atoms with Crippen LogP contribution in [0.5, 0.6) is 0 Å². The molecular weight excluding hydrogens is 246 g/mol. The molecule has 2 unspecified atom stereocenters. The zero-order valence-corrected chi connectivity index (χ0v) is 11.0. The van der Waals surface area contributed by atoms with Gasteiger partial charge in [-0.05, 0) is 30.5 Å². The number of methoxy groups -OCH3 is 1. The third kappa shape index (κ3) is 3.12. The van der Waals surface area contributed by atoms with Crippen LogP contribution in [0.4, 0.5) is 5.69 Å². The Bertz CT molecular complexity index is 486. The van der Waals surface area contributed by atoms with E-state index in [0.717, 1.165) is 6.42 Å². The first-order valence-corrected chi connectivity index (χ1v) is 6.22. The number of nitrogens with one attached hydrogen (secondary N) is 1. The van der Waals surface area contributed by atoms with Crippen LogP contribution in [0.1, 0.15) is 23.7 Å². The van der Waals surface area contributed by atoms with Gasteiger partial charge >= 0.3 is 5.97 Å². The van der Waals surface area contributed by atoms with Gasteiger partial charge in [0.05, 0.1) is 12.7 Å². The molecule has 5 heteroatoms. The second-order valence-corrected chi connectivity index (χ2v) is 4.62. The first kappa shape index (κ1) is 13.5. The lowest BCUT2D eigenvalue weighted by atomic mass is 10.0. The fraction of sp³-hybridized carbons (Fsp3) is 0.429. The van der Waals surface area contributed by atoms with Gasteiger partial charge in [-0.2, -0.15) is 0 Å². The van der Waals surface area contributed by atoms with Crippen molar-refractivity contribution in [2.75, 3.05) is 19.0 Å². The molecule has 19 heavy (non-hydrogen) atoms. The summed E-state index contributed by atoms with van der Waals surface area (Å²) in [7, 11) is 1.32. The average Bonchev–Trinajstić information content (AvgIpc) is 2.84. The number of rotatable bonds is 3. The van der Waals surface area contributed by atoms with E-state index < -0.39 is 12.1 Å². The van der Waals surface area contributed by atoms with Gasteiger partial charge in [-0.3, -0.25) is 4.79 Å². The van der Waals surface area contributed by atoms with Crippen LogP contribution in [0.15, 0.2) is 24.3 Å². The molecule has 1 heterocycles. The molecule has 0 aliphatic carbocycles. The summed E-state index contributed by atoms with van der Waals surface area (Å²) in [6.45, 7) is 2.60. The lowest BCUT2D eigenvalue weighted by Crippen LogP contribution is -2.31. The van der Waals surface area contributed by atoms with E-state index in [1.165, 1.54) is 7.11 Å². The van der Waals surface area contributed by atoms with E-state index in [9.17, 15) is 9.59 Å². The first-order valence-electron chi connectivity index (χ1n) is 6.22. The molecule has 1 N–H and O–H groups in total. The molecule has 5 nitrogen and oxygen atoms in total. The molecule has 1 fully saturated rings. The standard InChI is InChI=1S/C14H17NO4/c1-9-6-7-19-12(9)13(16)15-11-5-3-4-10(8-11)14(17)18-2/h3-5,8-9,12H,6-7H2,1-2H3,(H,15,16). The van der Waals surface area contributed by atoms with Crippen LogP contribution in [-0.4, -0.2) is 31.7 Å². The molecule has 0 saturated carbocycles. The Kier molecular flexibility index (Phi) is 4.16. The molecular formula is C14H17NO4.